The van der Waals surface area contributed by atoms with Crippen LogP contribution in [0.5, 0.6) is 0 Å². The van der Waals surface area contributed by atoms with E-state index >= 15 is 0 Å². The van der Waals surface area contributed by atoms with Crippen LogP contribution in [-0.2, 0) is 0 Å². The molecule has 0 nitrogen and oxygen atoms in total. The fraction of sp³-hybridized carbons (Fsp3) is 0.778. The van der Waals surface area contributed by atoms with E-state index in [0.717, 1.165) is 6.42 Å². The van der Waals surface area contributed by atoms with Crippen LogP contribution in [0.25, 0.3) is 0 Å². The van der Waals surface area contributed by atoms with E-state index in [0.29, 0.717) is 0 Å². The number of unbranched alkanes of at least 4 members (excludes halogenated alkanes) is 9. The van der Waals surface area contributed by atoms with Gasteiger partial charge in [0.2, 0.25) is 0 Å². The molecule has 0 N–H and O–H groups in total. The van der Waals surface area contributed by atoms with Crippen molar-refractivity contribution in [2.24, 2.45) is 0 Å². The summed E-state index contributed by atoms with van der Waals surface area (Å²) in [6, 6.07) is 0. The molecule has 106 valence electrons. The van der Waals surface area contributed by atoms with Crippen LogP contribution in [0.15, 0.2) is 24.3 Å². The van der Waals surface area contributed by atoms with Crippen molar-refractivity contribution in [1.82, 2.24) is 0 Å². The van der Waals surface area contributed by atoms with Gasteiger partial charge in [0.15, 0.2) is 0 Å². The molecule has 0 unspecified atom stereocenters. The average Bonchev–Trinajstić information content (AvgIpc) is 2.39. The maximum atomic E-state index is 2.36. The van der Waals surface area contributed by atoms with Gasteiger partial charge in [0.25, 0.3) is 0 Å². The summed E-state index contributed by atoms with van der Waals surface area (Å²) in [5.74, 6) is 0. The Balaban J connectivity index is 3.13. The van der Waals surface area contributed by atoms with Gasteiger partial charge in [-0.1, -0.05) is 83.1 Å². The molecule has 0 aromatic carbocycles. The fourth-order valence-corrected chi connectivity index (χ4v) is 2.06. The zero-order valence-electron chi connectivity index (χ0n) is 12.8. The first kappa shape index (κ1) is 17.5. The molecule has 0 bridgehead atoms. The molecule has 0 aliphatic rings. The second-order valence-corrected chi connectivity index (χ2v) is 5.23. The molecule has 18 heavy (non-hydrogen) atoms. The lowest BCUT2D eigenvalue weighted by Crippen LogP contribution is -1.77. The molecule has 0 aromatic heterocycles. The first-order valence-corrected chi connectivity index (χ1v) is 8.21. The number of allylic oxidation sites excluding steroid dienone is 4. The standard InChI is InChI=1S/C18H34/c1-3-5-7-9-11-13-15-17-18-16-14-12-10-8-6-4-2/h11,13,17-18H,3-10,12,14-16H2,1-2H3/b13-11+,18-17+. The highest BCUT2D eigenvalue weighted by Gasteiger charge is 1.87. The van der Waals surface area contributed by atoms with Gasteiger partial charge in [0, 0.05) is 0 Å². The largest absolute Gasteiger partial charge is 0.0882 e. The highest BCUT2D eigenvalue weighted by Crippen LogP contribution is 2.07. The van der Waals surface area contributed by atoms with E-state index < -0.39 is 0 Å². The van der Waals surface area contributed by atoms with Gasteiger partial charge in [-0.15, -0.1) is 0 Å². The Bertz CT molecular complexity index is 188. The monoisotopic (exact) mass is 250 g/mol. The lowest BCUT2D eigenvalue weighted by molar-refractivity contribution is 0.611. The first-order chi connectivity index (χ1) is 8.91. The van der Waals surface area contributed by atoms with Gasteiger partial charge in [-0.05, 0) is 32.1 Å². The number of rotatable bonds is 13. The minimum atomic E-state index is 1.13. The zero-order chi connectivity index (χ0) is 13.3. The van der Waals surface area contributed by atoms with Crippen LogP contribution in [0.4, 0.5) is 0 Å². The summed E-state index contributed by atoms with van der Waals surface area (Å²) in [5.41, 5.74) is 0. The van der Waals surface area contributed by atoms with E-state index in [2.05, 4.69) is 38.2 Å². The van der Waals surface area contributed by atoms with Gasteiger partial charge in [-0.2, -0.15) is 0 Å². The highest BCUT2D eigenvalue weighted by molar-refractivity contribution is 4.92. The van der Waals surface area contributed by atoms with Crippen LogP contribution in [-0.4, -0.2) is 0 Å². The van der Waals surface area contributed by atoms with Crippen molar-refractivity contribution in [3.8, 4) is 0 Å². The summed E-state index contributed by atoms with van der Waals surface area (Å²) in [7, 11) is 0. The van der Waals surface area contributed by atoms with E-state index in [1.807, 2.05) is 0 Å². The summed E-state index contributed by atoms with van der Waals surface area (Å²) in [6.07, 6.45) is 25.5. The molecule has 0 atom stereocenters. The second-order valence-electron chi connectivity index (χ2n) is 5.23. The van der Waals surface area contributed by atoms with Gasteiger partial charge in [0.1, 0.15) is 0 Å². The highest BCUT2D eigenvalue weighted by atomic mass is 13.9. The maximum absolute atomic E-state index is 2.36. The van der Waals surface area contributed by atoms with Crippen molar-refractivity contribution in [2.75, 3.05) is 0 Å². The van der Waals surface area contributed by atoms with Crippen molar-refractivity contribution >= 4 is 0 Å². The van der Waals surface area contributed by atoms with Crippen molar-refractivity contribution in [3.63, 3.8) is 0 Å². The van der Waals surface area contributed by atoms with Crippen molar-refractivity contribution in [2.45, 2.75) is 90.9 Å². The molecule has 0 saturated carbocycles. The van der Waals surface area contributed by atoms with Gasteiger partial charge >= 0.3 is 0 Å². The van der Waals surface area contributed by atoms with Crippen molar-refractivity contribution in [3.05, 3.63) is 24.3 Å². The second kappa shape index (κ2) is 16.5. The third-order valence-electron chi connectivity index (χ3n) is 3.30. The summed E-state index contributed by atoms with van der Waals surface area (Å²) in [6.45, 7) is 4.53. The molecule has 0 amide bonds. The van der Waals surface area contributed by atoms with E-state index in [-0.39, 0.29) is 0 Å². The first-order valence-electron chi connectivity index (χ1n) is 8.21. The molecule has 0 radical (unpaired) electrons. The maximum Gasteiger partial charge on any atom is -0.0169 e. The van der Waals surface area contributed by atoms with Crippen LogP contribution in [0.3, 0.4) is 0 Å². The summed E-state index contributed by atoms with van der Waals surface area (Å²) < 4.78 is 0. The third kappa shape index (κ3) is 15.5. The van der Waals surface area contributed by atoms with Gasteiger partial charge < -0.3 is 0 Å². The molecule has 0 saturated heterocycles. The summed E-state index contributed by atoms with van der Waals surface area (Å²) in [4.78, 5) is 0. The van der Waals surface area contributed by atoms with Crippen molar-refractivity contribution < 1.29 is 0 Å². The molecule has 0 spiro atoms. The predicted octanol–water partition coefficient (Wildman–Crippen LogP) is 6.82. The minimum Gasteiger partial charge on any atom is -0.0882 e. The molecule has 0 aromatic rings. The van der Waals surface area contributed by atoms with Crippen LogP contribution >= 0.6 is 0 Å². The lowest BCUT2D eigenvalue weighted by atomic mass is 10.1. The van der Waals surface area contributed by atoms with E-state index in [9.17, 15) is 0 Å². The third-order valence-corrected chi connectivity index (χ3v) is 3.30. The number of hydrogen-bond donors (Lipinski definition) is 0. The molecular weight excluding hydrogens is 216 g/mol. The molecule has 0 aliphatic heterocycles. The van der Waals surface area contributed by atoms with Gasteiger partial charge in [-0.25, -0.2) is 0 Å². The Morgan fingerprint density at radius 3 is 1.56 bits per heavy atom. The minimum absolute atomic E-state index is 1.13. The smallest absolute Gasteiger partial charge is 0.0169 e. The topological polar surface area (TPSA) is 0 Å². The Labute approximate surface area is 116 Å². The predicted molar refractivity (Wildman–Crippen MR) is 85.0 cm³/mol. The Hall–Kier alpha value is -0.520. The van der Waals surface area contributed by atoms with Crippen LogP contribution < -0.4 is 0 Å². The SMILES string of the molecule is CCCCC/C=C/C/C=C/CCCCCCCC. The normalized spacial score (nSPS) is 11.9. The van der Waals surface area contributed by atoms with Crippen LogP contribution in [0.1, 0.15) is 90.9 Å². The molecular formula is C18H34. The average molecular weight is 250 g/mol. The summed E-state index contributed by atoms with van der Waals surface area (Å²) in [5, 5.41) is 0. The molecule has 0 heteroatoms. The van der Waals surface area contributed by atoms with Crippen LogP contribution in [0, 0.1) is 0 Å². The molecule has 0 aliphatic carbocycles. The van der Waals surface area contributed by atoms with E-state index in [1.165, 1.54) is 70.6 Å². The summed E-state index contributed by atoms with van der Waals surface area (Å²) >= 11 is 0. The Morgan fingerprint density at radius 1 is 0.500 bits per heavy atom. The van der Waals surface area contributed by atoms with Crippen LogP contribution in [0.2, 0.25) is 0 Å². The number of hydrogen-bond acceptors (Lipinski definition) is 0. The quantitative estimate of drug-likeness (QED) is 0.248. The van der Waals surface area contributed by atoms with Gasteiger partial charge in [-0.3, -0.25) is 0 Å². The molecule has 0 rings (SSSR count). The van der Waals surface area contributed by atoms with E-state index in [1.54, 1.807) is 0 Å². The Morgan fingerprint density at radius 2 is 0.944 bits per heavy atom. The lowest BCUT2D eigenvalue weighted by Gasteiger charge is -1.97. The fourth-order valence-electron chi connectivity index (χ4n) is 2.06. The van der Waals surface area contributed by atoms with E-state index in [4.69, 9.17) is 0 Å². The zero-order valence-corrected chi connectivity index (χ0v) is 12.8. The molecule has 0 fully saturated rings. The van der Waals surface area contributed by atoms with Gasteiger partial charge in [0.05, 0.1) is 0 Å². The molecule has 0 heterocycles. The Kier molecular flexibility index (Phi) is 16.0. The van der Waals surface area contributed by atoms with Crippen molar-refractivity contribution in [1.29, 1.82) is 0 Å².